The van der Waals surface area contributed by atoms with Gasteiger partial charge in [-0.2, -0.15) is 0 Å². The SMILES string of the molecule is O=C(C[C@H](c1ccccc1)c1cc(Br)ccc1O)N1CCCC1. The molecule has 2 aromatic rings. The molecule has 0 aliphatic carbocycles. The normalized spacial score (nSPS) is 15.6. The Labute approximate surface area is 145 Å². The van der Waals surface area contributed by atoms with Crippen molar-refractivity contribution in [3.8, 4) is 5.75 Å². The van der Waals surface area contributed by atoms with E-state index < -0.39 is 0 Å². The van der Waals surface area contributed by atoms with Crippen LogP contribution in [0.5, 0.6) is 5.75 Å². The van der Waals surface area contributed by atoms with Crippen molar-refractivity contribution in [3.63, 3.8) is 0 Å². The number of rotatable bonds is 4. The Morgan fingerprint density at radius 3 is 2.52 bits per heavy atom. The predicted octanol–water partition coefficient (Wildman–Crippen LogP) is 4.30. The number of nitrogens with zero attached hydrogens (tertiary/aromatic N) is 1. The summed E-state index contributed by atoms with van der Waals surface area (Å²) in [6.45, 7) is 1.70. The van der Waals surface area contributed by atoms with Crippen LogP contribution in [0.25, 0.3) is 0 Å². The van der Waals surface area contributed by atoms with Crippen LogP contribution in [0.1, 0.15) is 36.3 Å². The standard InChI is InChI=1S/C19H20BrNO2/c20-15-8-9-18(22)17(12-15)16(14-6-2-1-3-7-14)13-19(23)21-10-4-5-11-21/h1-3,6-9,12,16,22H,4-5,10-11,13H2/t16-/m1/s1. The molecule has 1 aliphatic rings. The molecule has 3 nitrogen and oxygen atoms in total. The van der Waals surface area contributed by atoms with E-state index in [4.69, 9.17) is 0 Å². The lowest BCUT2D eigenvalue weighted by Gasteiger charge is -2.22. The van der Waals surface area contributed by atoms with Gasteiger partial charge in [-0.3, -0.25) is 4.79 Å². The van der Waals surface area contributed by atoms with Crippen LogP contribution < -0.4 is 0 Å². The molecule has 1 saturated heterocycles. The minimum atomic E-state index is -0.137. The number of benzene rings is 2. The van der Waals surface area contributed by atoms with Crippen molar-refractivity contribution in [3.05, 3.63) is 64.1 Å². The van der Waals surface area contributed by atoms with E-state index in [1.807, 2.05) is 47.4 Å². The van der Waals surface area contributed by atoms with Gasteiger partial charge in [0.1, 0.15) is 5.75 Å². The number of amides is 1. The first-order chi connectivity index (χ1) is 11.1. The molecule has 0 radical (unpaired) electrons. The molecule has 0 bridgehead atoms. The Morgan fingerprint density at radius 2 is 1.83 bits per heavy atom. The Hall–Kier alpha value is -1.81. The highest BCUT2D eigenvalue weighted by Crippen LogP contribution is 2.36. The molecule has 2 aromatic carbocycles. The van der Waals surface area contributed by atoms with E-state index in [1.165, 1.54) is 0 Å². The molecule has 1 aliphatic heterocycles. The summed E-state index contributed by atoms with van der Waals surface area (Å²) in [4.78, 5) is 14.6. The Kier molecular flexibility index (Phi) is 5.01. The summed E-state index contributed by atoms with van der Waals surface area (Å²) in [6, 6.07) is 15.3. The van der Waals surface area contributed by atoms with Crippen molar-refractivity contribution in [2.45, 2.75) is 25.2 Å². The van der Waals surface area contributed by atoms with Crippen molar-refractivity contribution in [1.29, 1.82) is 0 Å². The molecule has 1 amide bonds. The highest BCUT2D eigenvalue weighted by Gasteiger charge is 2.25. The second-order valence-electron chi connectivity index (χ2n) is 5.96. The lowest BCUT2D eigenvalue weighted by Crippen LogP contribution is -2.29. The smallest absolute Gasteiger partial charge is 0.223 e. The van der Waals surface area contributed by atoms with Gasteiger partial charge < -0.3 is 10.0 Å². The molecule has 0 unspecified atom stereocenters. The average molecular weight is 374 g/mol. The lowest BCUT2D eigenvalue weighted by molar-refractivity contribution is -0.130. The zero-order valence-corrected chi connectivity index (χ0v) is 14.5. The van der Waals surface area contributed by atoms with Gasteiger partial charge in [0.25, 0.3) is 0 Å². The Bertz CT molecular complexity index is 681. The minimum absolute atomic E-state index is 0.137. The van der Waals surface area contributed by atoms with E-state index in [-0.39, 0.29) is 17.6 Å². The lowest BCUT2D eigenvalue weighted by atomic mass is 9.87. The van der Waals surface area contributed by atoms with Crippen molar-refractivity contribution >= 4 is 21.8 Å². The molecule has 1 heterocycles. The van der Waals surface area contributed by atoms with Crippen LogP contribution in [0.3, 0.4) is 0 Å². The van der Waals surface area contributed by atoms with Crippen molar-refractivity contribution in [2.24, 2.45) is 0 Å². The number of phenols is 1. The van der Waals surface area contributed by atoms with Crippen molar-refractivity contribution in [2.75, 3.05) is 13.1 Å². The fourth-order valence-corrected chi connectivity index (χ4v) is 3.55. The molecule has 3 rings (SSSR count). The topological polar surface area (TPSA) is 40.5 Å². The van der Waals surface area contributed by atoms with Crippen molar-refractivity contribution < 1.29 is 9.90 Å². The monoisotopic (exact) mass is 373 g/mol. The van der Waals surface area contributed by atoms with E-state index in [1.54, 1.807) is 6.07 Å². The van der Waals surface area contributed by atoms with Gasteiger partial charge in [0, 0.05) is 35.5 Å². The first kappa shape index (κ1) is 16.1. The van der Waals surface area contributed by atoms with E-state index in [0.717, 1.165) is 41.5 Å². The molecular weight excluding hydrogens is 354 g/mol. The summed E-state index contributed by atoms with van der Waals surface area (Å²) in [5.74, 6) is 0.258. The van der Waals surface area contributed by atoms with Crippen LogP contribution in [0.15, 0.2) is 53.0 Å². The predicted molar refractivity (Wildman–Crippen MR) is 94.5 cm³/mol. The summed E-state index contributed by atoms with van der Waals surface area (Å²) in [5, 5.41) is 10.3. The van der Waals surface area contributed by atoms with E-state index in [0.29, 0.717) is 6.42 Å². The van der Waals surface area contributed by atoms with Crippen LogP contribution in [0.4, 0.5) is 0 Å². The minimum Gasteiger partial charge on any atom is -0.508 e. The molecule has 120 valence electrons. The fraction of sp³-hybridized carbons (Fsp3) is 0.316. The van der Waals surface area contributed by atoms with Crippen LogP contribution in [-0.2, 0) is 4.79 Å². The van der Waals surface area contributed by atoms with Gasteiger partial charge in [-0.05, 0) is 36.6 Å². The maximum absolute atomic E-state index is 12.6. The van der Waals surface area contributed by atoms with Gasteiger partial charge in [0.2, 0.25) is 5.91 Å². The van der Waals surface area contributed by atoms with Crippen LogP contribution in [-0.4, -0.2) is 29.0 Å². The average Bonchev–Trinajstić information content (AvgIpc) is 3.10. The summed E-state index contributed by atoms with van der Waals surface area (Å²) >= 11 is 3.46. The molecule has 4 heteroatoms. The maximum Gasteiger partial charge on any atom is 0.223 e. The van der Waals surface area contributed by atoms with Crippen LogP contribution in [0.2, 0.25) is 0 Å². The maximum atomic E-state index is 12.6. The number of hydrogen-bond donors (Lipinski definition) is 1. The van der Waals surface area contributed by atoms with Crippen LogP contribution >= 0.6 is 15.9 Å². The number of carbonyl (C=O) groups is 1. The Balaban J connectivity index is 1.93. The van der Waals surface area contributed by atoms with E-state index in [2.05, 4.69) is 15.9 Å². The van der Waals surface area contributed by atoms with Gasteiger partial charge in [-0.1, -0.05) is 46.3 Å². The molecule has 0 spiro atoms. The first-order valence-corrected chi connectivity index (χ1v) is 8.75. The third kappa shape index (κ3) is 3.75. The number of carbonyl (C=O) groups excluding carboxylic acids is 1. The number of phenolic OH excluding ortho intramolecular Hbond substituents is 1. The number of hydrogen-bond acceptors (Lipinski definition) is 2. The summed E-state index contributed by atoms with van der Waals surface area (Å²) in [6.07, 6.45) is 2.56. The summed E-state index contributed by atoms with van der Waals surface area (Å²) in [5.41, 5.74) is 1.84. The number of halogens is 1. The van der Waals surface area contributed by atoms with Gasteiger partial charge in [-0.25, -0.2) is 0 Å². The van der Waals surface area contributed by atoms with Gasteiger partial charge >= 0.3 is 0 Å². The third-order valence-electron chi connectivity index (χ3n) is 4.40. The number of likely N-dealkylation sites (tertiary alicyclic amines) is 1. The Morgan fingerprint density at radius 1 is 1.13 bits per heavy atom. The fourth-order valence-electron chi connectivity index (χ4n) is 3.17. The molecule has 1 fully saturated rings. The zero-order valence-electron chi connectivity index (χ0n) is 12.9. The quantitative estimate of drug-likeness (QED) is 0.867. The highest BCUT2D eigenvalue weighted by molar-refractivity contribution is 9.10. The third-order valence-corrected chi connectivity index (χ3v) is 4.90. The second kappa shape index (κ2) is 7.18. The highest BCUT2D eigenvalue weighted by atomic mass is 79.9. The molecular formula is C19H20BrNO2. The van der Waals surface area contributed by atoms with Crippen molar-refractivity contribution in [1.82, 2.24) is 4.90 Å². The molecule has 23 heavy (non-hydrogen) atoms. The molecule has 1 atom stereocenters. The zero-order chi connectivity index (χ0) is 16.2. The largest absolute Gasteiger partial charge is 0.508 e. The molecule has 1 N–H and O–H groups in total. The summed E-state index contributed by atoms with van der Waals surface area (Å²) < 4.78 is 0.903. The van der Waals surface area contributed by atoms with Gasteiger partial charge in [0.15, 0.2) is 0 Å². The van der Waals surface area contributed by atoms with Crippen LogP contribution in [0, 0.1) is 0 Å². The van der Waals surface area contributed by atoms with Gasteiger partial charge in [-0.15, -0.1) is 0 Å². The number of aromatic hydroxyl groups is 1. The molecule has 0 aromatic heterocycles. The summed E-state index contributed by atoms with van der Waals surface area (Å²) in [7, 11) is 0. The van der Waals surface area contributed by atoms with E-state index >= 15 is 0 Å². The van der Waals surface area contributed by atoms with Gasteiger partial charge in [0.05, 0.1) is 0 Å². The first-order valence-electron chi connectivity index (χ1n) is 7.96. The molecule has 0 saturated carbocycles. The van der Waals surface area contributed by atoms with E-state index in [9.17, 15) is 9.90 Å². The second-order valence-corrected chi connectivity index (χ2v) is 6.87.